The van der Waals surface area contributed by atoms with Gasteiger partial charge in [0.25, 0.3) is 0 Å². The molecule has 1 aliphatic carbocycles. The Morgan fingerprint density at radius 1 is 1.17 bits per heavy atom. The summed E-state index contributed by atoms with van der Waals surface area (Å²) in [4.78, 5) is 18.5. The molecule has 1 aliphatic rings. The standard InChI is InChI=1S/C21H34N4O4/c1-21(2,3)29-20(26)25(16-8-9-16)12-11-23-19(22-4)24-14-15-7-10-17(27-5)18(13-15)28-6/h7,10,13,16H,8-9,11-12,14H2,1-6H3,(H2,22,23,24). The van der Waals surface area contributed by atoms with Crippen LogP contribution in [0.25, 0.3) is 0 Å². The van der Waals surface area contributed by atoms with Crippen molar-refractivity contribution in [2.24, 2.45) is 4.99 Å². The summed E-state index contributed by atoms with van der Waals surface area (Å²) >= 11 is 0. The first-order chi connectivity index (χ1) is 13.8. The van der Waals surface area contributed by atoms with Gasteiger partial charge in [0.15, 0.2) is 17.5 Å². The maximum Gasteiger partial charge on any atom is 0.410 e. The Bertz CT molecular complexity index is 711. The average Bonchev–Trinajstić information content (AvgIpc) is 3.50. The number of aliphatic imine (C=N–C) groups is 1. The second-order valence-electron chi connectivity index (χ2n) is 7.95. The summed E-state index contributed by atoms with van der Waals surface area (Å²) in [6.45, 7) is 7.38. The molecule has 0 aliphatic heterocycles. The second kappa shape index (κ2) is 10.2. The van der Waals surface area contributed by atoms with Crippen LogP contribution in [0.15, 0.2) is 23.2 Å². The van der Waals surface area contributed by atoms with Crippen molar-refractivity contribution in [3.05, 3.63) is 23.8 Å². The van der Waals surface area contributed by atoms with Crippen LogP contribution in [0.2, 0.25) is 0 Å². The van der Waals surface area contributed by atoms with Crippen molar-refractivity contribution >= 4 is 12.1 Å². The Hall–Kier alpha value is -2.64. The van der Waals surface area contributed by atoms with Gasteiger partial charge >= 0.3 is 6.09 Å². The smallest absolute Gasteiger partial charge is 0.410 e. The number of guanidine groups is 1. The van der Waals surface area contributed by atoms with E-state index >= 15 is 0 Å². The van der Waals surface area contributed by atoms with Gasteiger partial charge in [0.1, 0.15) is 5.60 Å². The van der Waals surface area contributed by atoms with Crippen LogP contribution in [0.4, 0.5) is 4.79 Å². The van der Waals surface area contributed by atoms with Gasteiger partial charge in [-0.15, -0.1) is 0 Å². The van der Waals surface area contributed by atoms with Crippen molar-refractivity contribution in [1.29, 1.82) is 0 Å². The predicted molar refractivity (Wildman–Crippen MR) is 114 cm³/mol. The van der Waals surface area contributed by atoms with Gasteiger partial charge in [-0.1, -0.05) is 6.07 Å². The first-order valence-electron chi connectivity index (χ1n) is 9.92. The zero-order valence-electron chi connectivity index (χ0n) is 18.4. The number of carbonyl (C=O) groups is 1. The molecule has 1 amide bonds. The number of hydrogen-bond acceptors (Lipinski definition) is 5. The lowest BCUT2D eigenvalue weighted by Crippen LogP contribution is -2.45. The Morgan fingerprint density at radius 2 is 1.86 bits per heavy atom. The van der Waals surface area contributed by atoms with Gasteiger partial charge in [0.2, 0.25) is 0 Å². The zero-order chi connectivity index (χ0) is 21.4. The molecule has 0 spiro atoms. The number of nitrogens with one attached hydrogen (secondary N) is 2. The highest BCUT2D eigenvalue weighted by Gasteiger charge is 2.34. The summed E-state index contributed by atoms with van der Waals surface area (Å²) < 4.78 is 16.1. The molecule has 0 heterocycles. The number of amides is 1. The van der Waals surface area contributed by atoms with E-state index < -0.39 is 5.60 Å². The molecule has 1 saturated carbocycles. The molecule has 0 atom stereocenters. The molecule has 8 nitrogen and oxygen atoms in total. The van der Waals surface area contributed by atoms with E-state index in [0.29, 0.717) is 37.1 Å². The first-order valence-corrected chi connectivity index (χ1v) is 9.92. The lowest BCUT2D eigenvalue weighted by Gasteiger charge is -2.27. The number of methoxy groups -OCH3 is 2. The Balaban J connectivity index is 1.83. The highest BCUT2D eigenvalue weighted by molar-refractivity contribution is 5.79. The monoisotopic (exact) mass is 406 g/mol. The highest BCUT2D eigenvalue weighted by atomic mass is 16.6. The Labute approximate surface area is 173 Å². The normalized spacial score (nSPS) is 14.2. The second-order valence-corrected chi connectivity index (χ2v) is 7.95. The van der Waals surface area contributed by atoms with Crippen LogP contribution in [0.5, 0.6) is 11.5 Å². The van der Waals surface area contributed by atoms with E-state index in [4.69, 9.17) is 14.2 Å². The Kier molecular flexibility index (Phi) is 7.99. The molecule has 0 aromatic heterocycles. The number of nitrogens with zero attached hydrogens (tertiary/aromatic N) is 2. The third-order valence-electron chi connectivity index (χ3n) is 4.39. The van der Waals surface area contributed by atoms with Crippen LogP contribution in [-0.4, -0.2) is 63.0 Å². The van der Waals surface area contributed by atoms with E-state index in [9.17, 15) is 4.79 Å². The number of carbonyl (C=O) groups excluding carboxylic acids is 1. The van der Waals surface area contributed by atoms with E-state index in [1.165, 1.54) is 0 Å². The van der Waals surface area contributed by atoms with Crippen molar-refractivity contribution in [3.63, 3.8) is 0 Å². The molecule has 0 bridgehead atoms. The summed E-state index contributed by atoms with van der Waals surface area (Å²) in [6, 6.07) is 6.06. The quantitative estimate of drug-likeness (QED) is 0.510. The van der Waals surface area contributed by atoms with Gasteiger partial charge in [0, 0.05) is 32.7 Å². The molecular weight excluding hydrogens is 372 g/mol. The minimum Gasteiger partial charge on any atom is -0.493 e. The van der Waals surface area contributed by atoms with Gasteiger partial charge in [0.05, 0.1) is 14.2 Å². The highest BCUT2D eigenvalue weighted by Crippen LogP contribution is 2.28. The van der Waals surface area contributed by atoms with Crippen molar-refractivity contribution < 1.29 is 19.0 Å². The fourth-order valence-electron chi connectivity index (χ4n) is 2.82. The van der Waals surface area contributed by atoms with E-state index in [0.717, 1.165) is 18.4 Å². The van der Waals surface area contributed by atoms with Gasteiger partial charge in [-0.25, -0.2) is 4.79 Å². The summed E-state index contributed by atoms with van der Waals surface area (Å²) in [6.07, 6.45) is 1.81. The molecule has 29 heavy (non-hydrogen) atoms. The Morgan fingerprint density at radius 3 is 2.41 bits per heavy atom. The molecule has 0 saturated heterocycles. The minimum atomic E-state index is -0.491. The van der Waals surface area contributed by atoms with Crippen molar-refractivity contribution in [1.82, 2.24) is 15.5 Å². The fraction of sp³-hybridized carbons (Fsp3) is 0.619. The molecule has 2 rings (SSSR count). The molecule has 162 valence electrons. The number of ether oxygens (including phenoxy) is 3. The van der Waals surface area contributed by atoms with Gasteiger partial charge in [-0.2, -0.15) is 0 Å². The third-order valence-corrected chi connectivity index (χ3v) is 4.39. The summed E-state index contributed by atoms with van der Waals surface area (Å²) in [5.74, 6) is 2.05. The SMILES string of the molecule is CN=C(NCCN(C(=O)OC(C)(C)C)C1CC1)NCc1ccc(OC)c(OC)c1. The van der Waals surface area contributed by atoms with Crippen LogP contribution in [0.1, 0.15) is 39.2 Å². The fourth-order valence-corrected chi connectivity index (χ4v) is 2.82. The maximum atomic E-state index is 12.4. The largest absolute Gasteiger partial charge is 0.493 e. The summed E-state index contributed by atoms with van der Waals surface area (Å²) in [5, 5.41) is 6.52. The van der Waals surface area contributed by atoms with Crippen molar-refractivity contribution in [2.45, 2.75) is 51.8 Å². The number of hydrogen-bond donors (Lipinski definition) is 2. The van der Waals surface area contributed by atoms with Gasteiger partial charge in [-0.3, -0.25) is 4.99 Å². The van der Waals surface area contributed by atoms with Gasteiger partial charge < -0.3 is 29.7 Å². The topological polar surface area (TPSA) is 84.4 Å². The molecule has 2 N–H and O–H groups in total. The zero-order valence-corrected chi connectivity index (χ0v) is 18.4. The minimum absolute atomic E-state index is 0.255. The van der Waals surface area contributed by atoms with Crippen LogP contribution in [0.3, 0.4) is 0 Å². The predicted octanol–water partition coefficient (Wildman–Crippen LogP) is 2.77. The molecule has 1 aromatic carbocycles. The van der Waals surface area contributed by atoms with E-state index in [2.05, 4.69) is 15.6 Å². The lowest BCUT2D eigenvalue weighted by atomic mass is 10.2. The van der Waals surface area contributed by atoms with Crippen molar-refractivity contribution in [2.75, 3.05) is 34.4 Å². The average molecular weight is 407 g/mol. The molecular formula is C21H34N4O4. The van der Waals surface area contributed by atoms with E-state index in [-0.39, 0.29) is 12.1 Å². The van der Waals surface area contributed by atoms with Crippen LogP contribution in [-0.2, 0) is 11.3 Å². The maximum absolute atomic E-state index is 12.4. The number of rotatable bonds is 8. The van der Waals surface area contributed by atoms with Crippen LogP contribution >= 0.6 is 0 Å². The first kappa shape index (κ1) is 22.6. The van der Waals surface area contributed by atoms with E-state index in [1.807, 2.05) is 39.0 Å². The van der Waals surface area contributed by atoms with Gasteiger partial charge in [-0.05, 0) is 51.3 Å². The van der Waals surface area contributed by atoms with Crippen molar-refractivity contribution in [3.8, 4) is 11.5 Å². The lowest BCUT2D eigenvalue weighted by molar-refractivity contribution is 0.0238. The van der Waals surface area contributed by atoms with Crippen LogP contribution < -0.4 is 20.1 Å². The molecule has 0 radical (unpaired) electrons. The molecule has 1 fully saturated rings. The molecule has 8 heteroatoms. The summed E-state index contributed by atoms with van der Waals surface area (Å²) in [5.41, 5.74) is 0.549. The third kappa shape index (κ3) is 7.36. The van der Waals surface area contributed by atoms with E-state index in [1.54, 1.807) is 26.2 Å². The van der Waals surface area contributed by atoms with Crippen LogP contribution in [0, 0.1) is 0 Å². The number of benzene rings is 1. The molecule has 0 unspecified atom stereocenters. The summed E-state index contributed by atoms with van der Waals surface area (Å²) in [7, 11) is 4.95. The molecule has 1 aromatic rings.